The second-order valence-electron chi connectivity index (χ2n) is 4.32. The molecule has 0 atom stereocenters. The number of hydrogen-bond donors (Lipinski definition) is 2. The monoisotopic (exact) mass is 321 g/mol. The van der Waals surface area contributed by atoms with Gasteiger partial charge in [0.2, 0.25) is 5.88 Å². The summed E-state index contributed by atoms with van der Waals surface area (Å²) in [5.41, 5.74) is 7.37. The molecule has 3 N–H and O–H groups in total. The first-order chi connectivity index (χ1) is 10.1. The van der Waals surface area contributed by atoms with Gasteiger partial charge in [0, 0.05) is 29.0 Å². The van der Waals surface area contributed by atoms with E-state index in [-0.39, 0.29) is 11.3 Å². The van der Waals surface area contributed by atoms with Crippen LogP contribution in [0.25, 0.3) is 22.4 Å². The largest absolute Gasteiger partial charge is 0.367 e. The van der Waals surface area contributed by atoms with Crippen LogP contribution in [0.5, 0.6) is 0 Å². The average Bonchev–Trinajstić information content (AvgIpc) is 2.81. The molecule has 0 aliphatic rings. The van der Waals surface area contributed by atoms with Gasteiger partial charge < -0.3 is 15.2 Å². The third kappa shape index (κ3) is 2.41. The number of nitrogen functional groups attached to an aromatic ring is 1. The standard InChI is InChI=1S/C14H9Cl2N3O2/c15-7-1-2-8(10(16)5-7)12-13(19-21-14(12)17)9-6-18-4-3-11(9)20/h1-6H,17H2,(H,18,20). The summed E-state index contributed by atoms with van der Waals surface area (Å²) >= 11 is 12.1. The minimum absolute atomic E-state index is 0.0810. The molecule has 0 aliphatic heterocycles. The van der Waals surface area contributed by atoms with Gasteiger partial charge >= 0.3 is 0 Å². The van der Waals surface area contributed by atoms with Crippen molar-refractivity contribution in [3.05, 3.63) is 56.9 Å². The number of halogens is 2. The molecule has 2 heterocycles. The first-order valence-corrected chi connectivity index (χ1v) is 6.71. The molecule has 21 heavy (non-hydrogen) atoms. The summed E-state index contributed by atoms with van der Waals surface area (Å²) < 4.78 is 5.03. The van der Waals surface area contributed by atoms with Crippen LogP contribution < -0.4 is 11.2 Å². The lowest BCUT2D eigenvalue weighted by Crippen LogP contribution is -2.03. The van der Waals surface area contributed by atoms with E-state index in [1.54, 1.807) is 18.2 Å². The fraction of sp³-hybridized carbons (Fsp3) is 0. The SMILES string of the molecule is Nc1onc(-c2c[nH]ccc2=O)c1-c1ccc(Cl)cc1Cl. The van der Waals surface area contributed by atoms with Crippen molar-refractivity contribution in [2.45, 2.75) is 0 Å². The van der Waals surface area contributed by atoms with Crippen molar-refractivity contribution >= 4 is 29.1 Å². The highest BCUT2D eigenvalue weighted by atomic mass is 35.5. The summed E-state index contributed by atoms with van der Waals surface area (Å²) in [4.78, 5) is 14.8. The predicted molar refractivity (Wildman–Crippen MR) is 82.4 cm³/mol. The fourth-order valence-corrected chi connectivity index (χ4v) is 2.54. The second-order valence-corrected chi connectivity index (χ2v) is 5.16. The number of nitrogens with zero attached hydrogens (tertiary/aromatic N) is 1. The summed E-state index contributed by atoms with van der Waals surface area (Å²) in [7, 11) is 0. The number of anilines is 1. The van der Waals surface area contributed by atoms with Crippen molar-refractivity contribution in [2.75, 3.05) is 5.73 Å². The molecule has 0 unspecified atom stereocenters. The number of pyridine rings is 1. The van der Waals surface area contributed by atoms with E-state index in [1.165, 1.54) is 18.5 Å². The Kier molecular flexibility index (Phi) is 3.45. The predicted octanol–water partition coefficient (Wildman–Crippen LogP) is 3.59. The van der Waals surface area contributed by atoms with Gasteiger partial charge in [-0.2, -0.15) is 0 Å². The summed E-state index contributed by atoms with van der Waals surface area (Å²) in [6.07, 6.45) is 3.07. The Labute approximate surface area is 129 Å². The van der Waals surface area contributed by atoms with Crippen molar-refractivity contribution in [3.8, 4) is 22.4 Å². The number of H-pyrrole nitrogens is 1. The van der Waals surface area contributed by atoms with Crippen molar-refractivity contribution in [1.82, 2.24) is 10.1 Å². The van der Waals surface area contributed by atoms with Gasteiger partial charge in [-0.15, -0.1) is 0 Å². The molecular formula is C14H9Cl2N3O2. The Bertz CT molecular complexity index is 871. The number of nitrogens with two attached hydrogens (primary N) is 1. The Balaban J connectivity index is 2.28. The van der Waals surface area contributed by atoms with Crippen LogP contribution in [0.3, 0.4) is 0 Å². The van der Waals surface area contributed by atoms with E-state index in [1.807, 2.05) is 0 Å². The van der Waals surface area contributed by atoms with E-state index in [9.17, 15) is 4.79 Å². The Morgan fingerprint density at radius 1 is 1.19 bits per heavy atom. The summed E-state index contributed by atoms with van der Waals surface area (Å²) in [6.45, 7) is 0. The summed E-state index contributed by atoms with van der Waals surface area (Å²) in [5, 5.41) is 4.77. The normalized spacial score (nSPS) is 10.8. The molecule has 0 amide bonds. The van der Waals surface area contributed by atoms with Crippen molar-refractivity contribution in [2.24, 2.45) is 0 Å². The maximum atomic E-state index is 12.0. The lowest BCUT2D eigenvalue weighted by Gasteiger charge is -2.05. The lowest BCUT2D eigenvalue weighted by atomic mass is 10.0. The van der Waals surface area contributed by atoms with E-state index in [0.717, 1.165) is 0 Å². The minimum Gasteiger partial charge on any atom is -0.367 e. The molecule has 0 saturated heterocycles. The number of aromatic nitrogens is 2. The van der Waals surface area contributed by atoms with Gasteiger partial charge in [0.1, 0.15) is 5.69 Å². The molecule has 106 valence electrons. The van der Waals surface area contributed by atoms with E-state index in [2.05, 4.69) is 10.1 Å². The number of nitrogens with one attached hydrogen (secondary N) is 1. The maximum absolute atomic E-state index is 12.0. The number of rotatable bonds is 2. The number of hydrogen-bond acceptors (Lipinski definition) is 4. The van der Waals surface area contributed by atoms with Crippen LogP contribution in [0, 0.1) is 0 Å². The quantitative estimate of drug-likeness (QED) is 0.755. The molecular weight excluding hydrogens is 313 g/mol. The average molecular weight is 322 g/mol. The van der Waals surface area contributed by atoms with Gasteiger partial charge in [-0.25, -0.2) is 0 Å². The molecule has 5 nitrogen and oxygen atoms in total. The third-order valence-electron chi connectivity index (χ3n) is 3.00. The number of benzene rings is 1. The Morgan fingerprint density at radius 3 is 2.71 bits per heavy atom. The van der Waals surface area contributed by atoms with Crippen LogP contribution in [0.1, 0.15) is 0 Å². The van der Waals surface area contributed by atoms with Crippen molar-refractivity contribution < 1.29 is 4.52 Å². The van der Waals surface area contributed by atoms with Crippen LogP contribution in [-0.2, 0) is 0 Å². The van der Waals surface area contributed by atoms with Crippen molar-refractivity contribution in [3.63, 3.8) is 0 Å². The molecule has 0 spiro atoms. The van der Waals surface area contributed by atoms with Gasteiger partial charge in [-0.05, 0) is 12.1 Å². The molecule has 2 aromatic heterocycles. The zero-order chi connectivity index (χ0) is 15.0. The topological polar surface area (TPSA) is 84.9 Å². The molecule has 0 fully saturated rings. The van der Waals surface area contributed by atoms with E-state index >= 15 is 0 Å². The zero-order valence-electron chi connectivity index (χ0n) is 10.6. The lowest BCUT2D eigenvalue weighted by molar-refractivity contribution is 0.439. The Hall–Kier alpha value is -2.24. The summed E-state index contributed by atoms with van der Waals surface area (Å²) in [6, 6.07) is 6.36. The minimum atomic E-state index is -0.201. The summed E-state index contributed by atoms with van der Waals surface area (Å²) in [5.74, 6) is 0.0810. The zero-order valence-corrected chi connectivity index (χ0v) is 12.1. The molecule has 0 aliphatic carbocycles. The first kappa shape index (κ1) is 13.7. The van der Waals surface area contributed by atoms with E-state index in [4.69, 9.17) is 33.5 Å². The van der Waals surface area contributed by atoms with Crippen LogP contribution in [-0.4, -0.2) is 10.1 Å². The molecule has 0 bridgehead atoms. The van der Waals surface area contributed by atoms with E-state index < -0.39 is 0 Å². The molecule has 3 aromatic rings. The van der Waals surface area contributed by atoms with Gasteiger partial charge in [-0.3, -0.25) is 4.79 Å². The highest BCUT2D eigenvalue weighted by Gasteiger charge is 2.21. The fourth-order valence-electron chi connectivity index (χ4n) is 2.04. The van der Waals surface area contributed by atoms with Crippen LogP contribution in [0.15, 0.2) is 46.0 Å². The second kappa shape index (κ2) is 5.27. The van der Waals surface area contributed by atoms with Crippen LogP contribution in [0.4, 0.5) is 5.88 Å². The third-order valence-corrected chi connectivity index (χ3v) is 3.55. The highest BCUT2D eigenvalue weighted by Crippen LogP contribution is 2.39. The molecule has 1 aromatic carbocycles. The number of aromatic amines is 1. The van der Waals surface area contributed by atoms with Crippen LogP contribution in [0.2, 0.25) is 10.0 Å². The van der Waals surface area contributed by atoms with Crippen molar-refractivity contribution in [1.29, 1.82) is 0 Å². The molecule has 0 radical (unpaired) electrons. The van der Waals surface area contributed by atoms with Crippen LogP contribution >= 0.6 is 23.2 Å². The van der Waals surface area contributed by atoms with Gasteiger partial charge in [0.25, 0.3) is 0 Å². The van der Waals surface area contributed by atoms with E-state index in [0.29, 0.717) is 32.4 Å². The van der Waals surface area contributed by atoms with Gasteiger partial charge in [0.05, 0.1) is 16.1 Å². The Morgan fingerprint density at radius 2 is 2.00 bits per heavy atom. The first-order valence-electron chi connectivity index (χ1n) is 5.96. The molecule has 7 heteroatoms. The maximum Gasteiger partial charge on any atom is 0.230 e. The molecule has 0 saturated carbocycles. The van der Waals surface area contributed by atoms with Gasteiger partial charge in [0.15, 0.2) is 5.43 Å². The highest BCUT2D eigenvalue weighted by molar-refractivity contribution is 6.36. The molecule has 3 rings (SSSR count). The van der Waals surface area contributed by atoms with Gasteiger partial charge in [-0.1, -0.05) is 34.4 Å². The smallest absolute Gasteiger partial charge is 0.230 e.